The molecule has 3 aromatic carbocycles. The van der Waals surface area contributed by atoms with Crippen LogP contribution in [0.15, 0.2) is 107 Å². The summed E-state index contributed by atoms with van der Waals surface area (Å²) in [5.74, 6) is 1.34. The SMILES string of the molecule is COC1=CC(c2cc3ccccc3n2C(=O)CC(C)(C)c2c(C)cccc2OPOCc2ccccc2)=N/C1=C/c1[nH]c(C)cc1C. The molecular weight excluding hydrogens is 605 g/mol. The van der Waals surface area contributed by atoms with Gasteiger partial charge in [0.05, 0.1) is 30.6 Å². The van der Waals surface area contributed by atoms with Crippen LogP contribution in [-0.2, 0) is 21.3 Å². The molecule has 240 valence electrons. The first-order valence-electron chi connectivity index (χ1n) is 15.7. The van der Waals surface area contributed by atoms with Crippen LogP contribution < -0.4 is 4.52 Å². The number of hydrogen-bond donors (Lipinski definition) is 1. The number of para-hydroxylation sites is 1. The predicted molar refractivity (Wildman–Crippen MR) is 191 cm³/mol. The molecule has 0 amide bonds. The van der Waals surface area contributed by atoms with E-state index in [2.05, 4.69) is 44.8 Å². The number of methoxy groups -OCH3 is 1. The number of allylic oxidation sites excluding steroid dienone is 1. The predicted octanol–water partition coefficient (Wildman–Crippen LogP) is 9.38. The zero-order valence-corrected chi connectivity index (χ0v) is 28.7. The topological polar surface area (TPSA) is 77.8 Å². The monoisotopic (exact) mass is 645 g/mol. The van der Waals surface area contributed by atoms with Crippen LogP contribution in [0.4, 0.5) is 0 Å². The average molecular weight is 646 g/mol. The molecule has 0 bridgehead atoms. The lowest BCUT2D eigenvalue weighted by Gasteiger charge is -2.29. The van der Waals surface area contributed by atoms with Gasteiger partial charge < -0.3 is 18.8 Å². The average Bonchev–Trinajstić information content (AvgIpc) is 3.73. The van der Waals surface area contributed by atoms with Crippen molar-refractivity contribution in [1.82, 2.24) is 9.55 Å². The molecule has 0 radical (unpaired) electrons. The molecule has 1 unspecified atom stereocenters. The summed E-state index contributed by atoms with van der Waals surface area (Å²) < 4.78 is 19.6. The van der Waals surface area contributed by atoms with E-state index in [4.69, 9.17) is 18.8 Å². The van der Waals surface area contributed by atoms with Crippen molar-refractivity contribution in [1.29, 1.82) is 0 Å². The van der Waals surface area contributed by atoms with Gasteiger partial charge >= 0.3 is 0 Å². The number of aromatic nitrogens is 2. The molecule has 6 rings (SSSR count). The zero-order valence-electron chi connectivity index (χ0n) is 27.7. The highest BCUT2D eigenvalue weighted by Crippen LogP contribution is 2.40. The fourth-order valence-corrected chi connectivity index (χ4v) is 6.91. The van der Waals surface area contributed by atoms with Crippen molar-refractivity contribution in [2.24, 2.45) is 4.99 Å². The third-order valence-electron chi connectivity index (χ3n) is 8.47. The molecule has 1 atom stereocenters. The normalized spacial score (nSPS) is 14.3. The van der Waals surface area contributed by atoms with Crippen LogP contribution in [-0.4, -0.2) is 28.3 Å². The van der Waals surface area contributed by atoms with E-state index in [1.165, 1.54) is 0 Å². The summed E-state index contributed by atoms with van der Waals surface area (Å²) in [6, 6.07) is 28.1. The lowest BCUT2D eigenvalue weighted by molar-refractivity contribution is 0.0881. The second kappa shape index (κ2) is 13.6. The Bertz CT molecular complexity index is 2030. The van der Waals surface area contributed by atoms with E-state index in [1.807, 2.05) is 91.9 Å². The number of nitrogens with one attached hydrogen (secondary N) is 1. The van der Waals surface area contributed by atoms with E-state index in [9.17, 15) is 4.79 Å². The van der Waals surface area contributed by atoms with Gasteiger partial charge in [-0.3, -0.25) is 9.36 Å². The lowest BCUT2D eigenvalue weighted by atomic mass is 9.78. The molecule has 7 nitrogen and oxygen atoms in total. The Morgan fingerprint density at radius 1 is 0.957 bits per heavy atom. The first-order valence-corrected chi connectivity index (χ1v) is 16.5. The number of benzene rings is 3. The molecular formula is C39H40N3O4P. The first-order chi connectivity index (χ1) is 22.6. The van der Waals surface area contributed by atoms with E-state index in [1.54, 1.807) is 11.7 Å². The summed E-state index contributed by atoms with van der Waals surface area (Å²) >= 11 is 0. The van der Waals surface area contributed by atoms with E-state index < -0.39 is 5.41 Å². The second-order valence-corrected chi connectivity index (χ2v) is 13.2. The number of aromatic amines is 1. The molecule has 1 N–H and O–H groups in total. The largest absolute Gasteiger partial charge is 0.494 e. The number of nitrogens with zero attached hydrogens (tertiary/aromatic N) is 2. The number of fused-ring (bicyclic) bond motifs is 1. The molecule has 47 heavy (non-hydrogen) atoms. The maximum absolute atomic E-state index is 14.5. The summed E-state index contributed by atoms with van der Waals surface area (Å²) in [5, 5.41) is 0.966. The fourth-order valence-electron chi connectivity index (χ4n) is 6.36. The molecule has 0 saturated carbocycles. The fraction of sp³-hybridized carbons (Fsp3) is 0.231. The number of carbonyl (C=O) groups is 1. The van der Waals surface area contributed by atoms with Gasteiger partial charge in [0.25, 0.3) is 0 Å². The molecule has 1 aliphatic heterocycles. The minimum atomic E-state index is -0.552. The molecule has 3 heterocycles. The van der Waals surface area contributed by atoms with Gasteiger partial charge in [-0.05, 0) is 67.8 Å². The molecule has 0 saturated heterocycles. The Hall–Kier alpha value is -4.71. The Morgan fingerprint density at radius 3 is 2.47 bits per heavy atom. The van der Waals surface area contributed by atoms with Gasteiger partial charge in [0.15, 0.2) is 0 Å². The highest BCUT2D eigenvalue weighted by molar-refractivity contribution is 7.26. The second-order valence-electron chi connectivity index (χ2n) is 12.6. The standard InChI is InChI=1S/C39H40N3O4P/c1-25-13-12-18-35(46-47-45-24-28-14-8-7-9-15-28)38(25)39(4,5)23-37(43)42-33-17-11-10-16-29(33)20-34(42)31-22-36(44-6)32(41-31)21-30-26(2)19-27(3)40-30/h7-22,40,47H,23-24H2,1-6H3/b32-21+. The molecule has 0 aliphatic carbocycles. The zero-order chi connectivity index (χ0) is 33.1. The molecule has 0 fully saturated rings. The van der Waals surface area contributed by atoms with Crippen molar-refractivity contribution < 1.29 is 18.6 Å². The van der Waals surface area contributed by atoms with E-state index in [-0.39, 0.29) is 21.4 Å². The van der Waals surface area contributed by atoms with Gasteiger partial charge in [0.2, 0.25) is 14.9 Å². The Balaban J connectivity index is 1.30. The van der Waals surface area contributed by atoms with Crippen molar-refractivity contribution >= 4 is 37.6 Å². The number of ether oxygens (including phenoxy) is 1. The van der Waals surface area contributed by atoms with Crippen LogP contribution in [0.3, 0.4) is 0 Å². The maximum atomic E-state index is 14.5. The maximum Gasteiger partial charge on any atom is 0.232 e. The number of aliphatic imine (C=N–C) groups is 1. The molecule has 5 aromatic rings. The Morgan fingerprint density at radius 2 is 1.72 bits per heavy atom. The van der Waals surface area contributed by atoms with Gasteiger partial charge in [0.1, 0.15) is 17.2 Å². The minimum absolute atomic E-state index is 0.0356. The van der Waals surface area contributed by atoms with Crippen molar-refractivity contribution in [3.05, 3.63) is 142 Å². The van der Waals surface area contributed by atoms with Gasteiger partial charge in [-0.25, -0.2) is 4.99 Å². The quantitative estimate of drug-likeness (QED) is 0.115. The number of H-pyrrole nitrogens is 1. The molecule has 2 aromatic heterocycles. The van der Waals surface area contributed by atoms with E-state index in [0.717, 1.165) is 56.0 Å². The van der Waals surface area contributed by atoms with Crippen LogP contribution in [0.2, 0.25) is 0 Å². The first kappa shape index (κ1) is 32.2. The highest BCUT2D eigenvalue weighted by atomic mass is 31.1. The smallest absolute Gasteiger partial charge is 0.232 e. The molecule has 1 aliphatic rings. The Kier molecular flexibility index (Phi) is 9.31. The summed E-state index contributed by atoms with van der Waals surface area (Å²) in [6.07, 6.45) is 4.14. The number of aryl methyl sites for hydroxylation is 3. The van der Waals surface area contributed by atoms with Gasteiger partial charge in [0, 0.05) is 40.2 Å². The van der Waals surface area contributed by atoms with Crippen molar-refractivity contribution in [2.75, 3.05) is 7.11 Å². The summed E-state index contributed by atoms with van der Waals surface area (Å²) in [7, 11) is 1.46. The molecule has 8 heteroatoms. The van der Waals surface area contributed by atoms with E-state index >= 15 is 0 Å². The van der Waals surface area contributed by atoms with Crippen molar-refractivity contribution in [3.63, 3.8) is 0 Å². The van der Waals surface area contributed by atoms with Crippen LogP contribution in [0.1, 0.15) is 64.4 Å². The summed E-state index contributed by atoms with van der Waals surface area (Å²) in [4.78, 5) is 22.8. The Labute approximate surface area is 277 Å². The van der Waals surface area contributed by atoms with Crippen molar-refractivity contribution in [2.45, 2.75) is 53.1 Å². The van der Waals surface area contributed by atoms with Crippen LogP contribution in [0.25, 0.3) is 17.0 Å². The van der Waals surface area contributed by atoms with Crippen LogP contribution in [0.5, 0.6) is 5.75 Å². The van der Waals surface area contributed by atoms with Crippen LogP contribution in [0, 0.1) is 20.8 Å². The minimum Gasteiger partial charge on any atom is -0.494 e. The lowest BCUT2D eigenvalue weighted by Crippen LogP contribution is -2.28. The third-order valence-corrected chi connectivity index (χ3v) is 9.04. The summed E-state index contributed by atoms with van der Waals surface area (Å²) in [5.41, 5.74) is 8.71. The van der Waals surface area contributed by atoms with E-state index in [0.29, 0.717) is 23.8 Å². The van der Waals surface area contributed by atoms with Gasteiger partial charge in [-0.2, -0.15) is 0 Å². The van der Waals surface area contributed by atoms with Gasteiger partial charge in [-0.1, -0.05) is 74.5 Å². The van der Waals surface area contributed by atoms with Crippen molar-refractivity contribution in [3.8, 4) is 5.75 Å². The van der Waals surface area contributed by atoms with Crippen LogP contribution >= 0.6 is 9.03 Å². The number of rotatable bonds is 11. The third kappa shape index (κ3) is 6.87. The number of hydrogen-bond acceptors (Lipinski definition) is 5. The highest BCUT2D eigenvalue weighted by Gasteiger charge is 2.32. The summed E-state index contributed by atoms with van der Waals surface area (Å²) in [6.45, 7) is 10.8. The molecule has 0 spiro atoms. The number of carbonyl (C=O) groups excluding carboxylic acids is 1. The van der Waals surface area contributed by atoms with Gasteiger partial charge in [-0.15, -0.1) is 0 Å².